The van der Waals surface area contributed by atoms with Crippen LogP contribution in [0.25, 0.3) is 6.08 Å². The van der Waals surface area contributed by atoms with Crippen molar-refractivity contribution in [1.29, 1.82) is 0 Å². The Labute approximate surface area is 153 Å². The Balaban J connectivity index is 2.01. The van der Waals surface area contributed by atoms with Gasteiger partial charge in [-0.2, -0.15) is 0 Å². The fourth-order valence-corrected chi connectivity index (χ4v) is 2.09. The van der Waals surface area contributed by atoms with Crippen LogP contribution in [0.15, 0.2) is 48.7 Å². The van der Waals surface area contributed by atoms with Gasteiger partial charge in [-0.05, 0) is 23.8 Å². The molecular weight excluding hydrogens is 358 g/mol. The molecule has 10 nitrogen and oxygen atoms in total. The minimum absolute atomic E-state index is 0.145. The standard InChI is InChI=1S/C17H15N3O7/c1-26-16-9-12(7-8-19(22)23)5-6-15(16)27-11-17(21)18-13-3-2-4-14(10-13)20(24)25/h2-10H,11H2,1H3,(H,18,21)/b8-7-. The van der Waals surface area contributed by atoms with Crippen molar-refractivity contribution in [1.82, 2.24) is 0 Å². The molecule has 1 amide bonds. The zero-order chi connectivity index (χ0) is 19.8. The van der Waals surface area contributed by atoms with E-state index < -0.39 is 15.8 Å². The molecule has 2 aromatic carbocycles. The van der Waals surface area contributed by atoms with E-state index in [1.165, 1.54) is 49.6 Å². The molecule has 27 heavy (non-hydrogen) atoms. The average molecular weight is 373 g/mol. The first-order valence-corrected chi connectivity index (χ1v) is 7.56. The summed E-state index contributed by atoms with van der Waals surface area (Å²) >= 11 is 0. The third-order valence-electron chi connectivity index (χ3n) is 3.28. The topological polar surface area (TPSA) is 134 Å². The third-order valence-corrected chi connectivity index (χ3v) is 3.28. The van der Waals surface area contributed by atoms with Gasteiger partial charge in [-0.3, -0.25) is 25.0 Å². The Morgan fingerprint density at radius 1 is 1.15 bits per heavy atom. The molecule has 0 aromatic heterocycles. The molecule has 0 radical (unpaired) electrons. The number of anilines is 1. The zero-order valence-corrected chi connectivity index (χ0v) is 14.2. The number of carbonyl (C=O) groups is 1. The molecule has 2 rings (SSSR count). The van der Waals surface area contributed by atoms with E-state index >= 15 is 0 Å². The summed E-state index contributed by atoms with van der Waals surface area (Å²) in [4.78, 5) is 31.9. The van der Waals surface area contributed by atoms with Crippen LogP contribution in [0.4, 0.5) is 11.4 Å². The van der Waals surface area contributed by atoms with Crippen LogP contribution >= 0.6 is 0 Å². The number of hydrogen-bond acceptors (Lipinski definition) is 7. The predicted molar refractivity (Wildman–Crippen MR) is 96.2 cm³/mol. The minimum Gasteiger partial charge on any atom is -0.493 e. The summed E-state index contributed by atoms with van der Waals surface area (Å²) in [5, 5.41) is 23.6. The summed E-state index contributed by atoms with van der Waals surface area (Å²) in [7, 11) is 1.40. The molecule has 0 aliphatic carbocycles. The summed E-state index contributed by atoms with van der Waals surface area (Å²) in [5.41, 5.74) is 0.649. The second kappa shape index (κ2) is 8.94. The molecule has 0 aliphatic heterocycles. The Bertz CT molecular complexity index is 896. The summed E-state index contributed by atoms with van der Waals surface area (Å²) in [5.74, 6) is 0.0449. The van der Waals surface area contributed by atoms with Gasteiger partial charge in [-0.15, -0.1) is 0 Å². The highest BCUT2D eigenvalue weighted by Crippen LogP contribution is 2.28. The van der Waals surface area contributed by atoms with Gasteiger partial charge in [0.15, 0.2) is 18.1 Å². The first-order chi connectivity index (χ1) is 12.9. The smallest absolute Gasteiger partial charge is 0.271 e. The van der Waals surface area contributed by atoms with E-state index in [0.29, 0.717) is 11.3 Å². The maximum absolute atomic E-state index is 12.0. The summed E-state index contributed by atoms with van der Waals surface area (Å²) in [6, 6.07) is 10.1. The van der Waals surface area contributed by atoms with Crippen LogP contribution in [-0.2, 0) is 4.79 Å². The summed E-state index contributed by atoms with van der Waals surface area (Å²) < 4.78 is 10.5. The molecule has 0 saturated heterocycles. The molecule has 0 atom stereocenters. The molecule has 1 N–H and O–H groups in total. The minimum atomic E-state index is -0.588. The molecule has 140 valence electrons. The fraction of sp³-hybridized carbons (Fsp3) is 0.118. The lowest BCUT2D eigenvalue weighted by molar-refractivity contribution is -0.400. The SMILES string of the molecule is COc1cc(/C=C\[N+](=O)[O-])ccc1OCC(=O)Nc1cccc([N+](=O)[O-])c1. The van der Waals surface area contributed by atoms with Crippen LogP contribution in [0.1, 0.15) is 5.56 Å². The van der Waals surface area contributed by atoms with Gasteiger partial charge in [0, 0.05) is 23.9 Å². The first kappa shape index (κ1) is 19.4. The van der Waals surface area contributed by atoms with Crippen LogP contribution in [0.3, 0.4) is 0 Å². The Hall–Kier alpha value is -3.95. The van der Waals surface area contributed by atoms with Crippen LogP contribution in [0.2, 0.25) is 0 Å². The second-order valence-electron chi connectivity index (χ2n) is 5.16. The van der Waals surface area contributed by atoms with E-state index in [0.717, 1.165) is 6.20 Å². The van der Waals surface area contributed by atoms with Crippen molar-refractivity contribution < 1.29 is 24.1 Å². The quantitative estimate of drug-likeness (QED) is 0.555. The lowest BCUT2D eigenvalue weighted by atomic mass is 10.2. The molecule has 0 saturated carbocycles. The number of benzene rings is 2. The van der Waals surface area contributed by atoms with Crippen LogP contribution < -0.4 is 14.8 Å². The van der Waals surface area contributed by atoms with Gasteiger partial charge >= 0.3 is 0 Å². The van der Waals surface area contributed by atoms with Crippen molar-refractivity contribution in [3.8, 4) is 11.5 Å². The number of methoxy groups -OCH3 is 1. The predicted octanol–water partition coefficient (Wildman–Crippen LogP) is 2.87. The largest absolute Gasteiger partial charge is 0.493 e. The van der Waals surface area contributed by atoms with Crippen LogP contribution in [-0.4, -0.2) is 29.5 Å². The van der Waals surface area contributed by atoms with Gasteiger partial charge in [0.2, 0.25) is 6.20 Å². The number of ether oxygens (including phenoxy) is 2. The summed E-state index contributed by atoms with van der Waals surface area (Å²) in [6.45, 7) is -0.358. The number of nitro benzene ring substituents is 1. The van der Waals surface area contributed by atoms with Crippen molar-refractivity contribution in [2.24, 2.45) is 0 Å². The summed E-state index contributed by atoms with van der Waals surface area (Å²) in [6.07, 6.45) is 2.09. The average Bonchev–Trinajstić information content (AvgIpc) is 2.65. The maximum atomic E-state index is 12.0. The van der Waals surface area contributed by atoms with Crippen molar-refractivity contribution in [2.75, 3.05) is 19.0 Å². The number of nitrogens with zero attached hydrogens (tertiary/aromatic N) is 2. The van der Waals surface area contributed by atoms with Gasteiger partial charge in [0.25, 0.3) is 11.6 Å². The highest BCUT2D eigenvalue weighted by atomic mass is 16.6. The Morgan fingerprint density at radius 3 is 2.59 bits per heavy atom. The number of hydrogen-bond donors (Lipinski definition) is 1. The molecular formula is C17H15N3O7. The monoisotopic (exact) mass is 373 g/mol. The van der Waals surface area contributed by atoms with Crippen molar-refractivity contribution in [3.63, 3.8) is 0 Å². The highest BCUT2D eigenvalue weighted by Gasteiger charge is 2.11. The third kappa shape index (κ3) is 5.81. The number of carbonyl (C=O) groups excluding carboxylic acids is 1. The number of nitro groups is 2. The maximum Gasteiger partial charge on any atom is 0.271 e. The Kier molecular flexibility index (Phi) is 6.42. The number of rotatable bonds is 8. The van der Waals surface area contributed by atoms with E-state index in [-0.39, 0.29) is 23.7 Å². The zero-order valence-electron chi connectivity index (χ0n) is 14.2. The first-order valence-electron chi connectivity index (χ1n) is 7.56. The van der Waals surface area contributed by atoms with E-state index in [2.05, 4.69) is 5.32 Å². The molecule has 10 heteroatoms. The highest BCUT2D eigenvalue weighted by molar-refractivity contribution is 5.92. The van der Waals surface area contributed by atoms with Crippen molar-refractivity contribution in [2.45, 2.75) is 0 Å². The normalized spacial score (nSPS) is 10.4. The second-order valence-corrected chi connectivity index (χ2v) is 5.16. The molecule has 0 fully saturated rings. The fourth-order valence-electron chi connectivity index (χ4n) is 2.09. The van der Waals surface area contributed by atoms with E-state index in [1.54, 1.807) is 6.07 Å². The molecule has 0 aliphatic rings. The van der Waals surface area contributed by atoms with Crippen LogP contribution in [0.5, 0.6) is 11.5 Å². The molecule has 2 aromatic rings. The molecule has 0 spiro atoms. The number of amides is 1. The number of nitrogens with one attached hydrogen (secondary N) is 1. The number of non-ortho nitro benzene ring substituents is 1. The van der Waals surface area contributed by atoms with E-state index in [9.17, 15) is 25.0 Å². The van der Waals surface area contributed by atoms with Gasteiger partial charge in [-0.1, -0.05) is 12.1 Å². The molecule has 0 bridgehead atoms. The molecule has 0 heterocycles. The Morgan fingerprint density at radius 2 is 1.93 bits per heavy atom. The lowest BCUT2D eigenvalue weighted by Crippen LogP contribution is -2.20. The van der Waals surface area contributed by atoms with E-state index in [4.69, 9.17) is 9.47 Å². The van der Waals surface area contributed by atoms with E-state index in [1.807, 2.05) is 0 Å². The van der Waals surface area contributed by atoms with Crippen molar-refractivity contribution >= 4 is 23.4 Å². The van der Waals surface area contributed by atoms with Crippen molar-refractivity contribution in [3.05, 3.63) is 74.5 Å². The molecule has 0 unspecified atom stereocenters. The van der Waals surface area contributed by atoms with Gasteiger partial charge in [0.05, 0.1) is 17.0 Å². The van der Waals surface area contributed by atoms with Gasteiger partial charge in [-0.25, -0.2) is 0 Å². The van der Waals surface area contributed by atoms with Gasteiger partial charge < -0.3 is 14.8 Å². The van der Waals surface area contributed by atoms with Crippen LogP contribution in [0, 0.1) is 20.2 Å². The van der Waals surface area contributed by atoms with Gasteiger partial charge in [0.1, 0.15) is 0 Å². The lowest BCUT2D eigenvalue weighted by Gasteiger charge is -2.11.